The maximum atomic E-state index is 12.7. The van der Waals surface area contributed by atoms with Crippen LogP contribution in [-0.2, 0) is 13.2 Å². The lowest BCUT2D eigenvalue weighted by atomic mass is 10.1. The highest BCUT2D eigenvalue weighted by atomic mass is 19.3. The van der Waals surface area contributed by atoms with Crippen molar-refractivity contribution >= 4 is 11.4 Å². The third-order valence-electron chi connectivity index (χ3n) is 4.79. The zero-order chi connectivity index (χ0) is 19.8. The number of ether oxygens (including phenoxy) is 1. The van der Waals surface area contributed by atoms with E-state index in [0.717, 1.165) is 34.0 Å². The van der Waals surface area contributed by atoms with Gasteiger partial charge in [0.25, 0.3) is 0 Å². The summed E-state index contributed by atoms with van der Waals surface area (Å²) >= 11 is 0. The summed E-state index contributed by atoms with van der Waals surface area (Å²) in [7, 11) is 0. The number of benzene rings is 2. The van der Waals surface area contributed by atoms with Gasteiger partial charge in [-0.25, -0.2) is 4.68 Å². The number of aromatic nitrogens is 4. The van der Waals surface area contributed by atoms with Gasteiger partial charge in [0, 0.05) is 22.9 Å². The Bertz CT molecular complexity index is 1150. The van der Waals surface area contributed by atoms with Crippen LogP contribution in [0.4, 0.5) is 20.2 Å². The summed E-state index contributed by atoms with van der Waals surface area (Å²) in [6, 6.07) is 17.8. The van der Waals surface area contributed by atoms with E-state index in [2.05, 4.69) is 10.4 Å². The fourth-order valence-corrected chi connectivity index (χ4v) is 3.34. The van der Waals surface area contributed by atoms with Gasteiger partial charge in [-0.3, -0.25) is 4.68 Å². The minimum Gasteiger partial charge on any atom is -0.487 e. The van der Waals surface area contributed by atoms with E-state index < -0.39 is 6.55 Å². The molecule has 0 fully saturated rings. The maximum Gasteiger partial charge on any atom is 0.333 e. The van der Waals surface area contributed by atoms with E-state index in [0.29, 0.717) is 23.5 Å². The lowest BCUT2D eigenvalue weighted by molar-refractivity contribution is 0.0566. The van der Waals surface area contributed by atoms with Crippen LogP contribution in [0.1, 0.15) is 17.8 Å². The third-order valence-corrected chi connectivity index (χ3v) is 4.79. The largest absolute Gasteiger partial charge is 0.487 e. The van der Waals surface area contributed by atoms with Crippen LogP contribution < -0.4 is 10.1 Å². The fraction of sp³-hybridized carbons (Fsp3) is 0.143. The highest BCUT2D eigenvalue weighted by Crippen LogP contribution is 2.31. The molecule has 4 aromatic rings. The number of rotatable bonds is 4. The lowest BCUT2D eigenvalue weighted by Gasteiger charge is -2.10. The van der Waals surface area contributed by atoms with Crippen molar-refractivity contribution in [2.75, 3.05) is 5.32 Å². The van der Waals surface area contributed by atoms with Gasteiger partial charge >= 0.3 is 6.55 Å². The molecule has 2 aromatic carbocycles. The van der Waals surface area contributed by atoms with Crippen LogP contribution in [-0.4, -0.2) is 19.6 Å². The molecule has 0 spiro atoms. The van der Waals surface area contributed by atoms with Gasteiger partial charge < -0.3 is 10.1 Å². The highest BCUT2D eigenvalue weighted by molar-refractivity contribution is 5.62. The molecule has 0 bridgehead atoms. The van der Waals surface area contributed by atoms with Gasteiger partial charge in [-0.2, -0.15) is 19.0 Å². The molecule has 0 saturated carbocycles. The van der Waals surface area contributed by atoms with E-state index in [9.17, 15) is 8.78 Å². The van der Waals surface area contributed by atoms with Crippen molar-refractivity contribution in [3.63, 3.8) is 0 Å². The second-order valence-electron chi connectivity index (χ2n) is 6.77. The van der Waals surface area contributed by atoms with Crippen LogP contribution in [0.2, 0.25) is 0 Å². The minimum absolute atomic E-state index is 0.402. The van der Waals surface area contributed by atoms with Crippen molar-refractivity contribution in [1.29, 1.82) is 0 Å². The monoisotopic (exact) mass is 393 g/mol. The normalized spacial score (nSPS) is 12.8. The van der Waals surface area contributed by atoms with Crippen molar-refractivity contribution in [2.24, 2.45) is 0 Å². The molecule has 0 aliphatic carbocycles. The number of halogens is 2. The summed E-state index contributed by atoms with van der Waals surface area (Å²) in [5.74, 6) is 0.739. The van der Waals surface area contributed by atoms with Crippen LogP contribution in [0.3, 0.4) is 0 Å². The average Bonchev–Trinajstić information content (AvgIpc) is 3.32. The molecule has 5 rings (SSSR count). The zero-order valence-electron chi connectivity index (χ0n) is 15.3. The summed E-state index contributed by atoms with van der Waals surface area (Å²) in [4.78, 5) is 0. The molecule has 2 aromatic heterocycles. The Balaban J connectivity index is 1.37. The minimum atomic E-state index is -2.66. The van der Waals surface area contributed by atoms with Crippen molar-refractivity contribution in [2.45, 2.75) is 19.7 Å². The predicted octanol–water partition coefficient (Wildman–Crippen LogP) is 4.83. The Morgan fingerprint density at radius 1 is 1.03 bits per heavy atom. The number of nitrogens with one attached hydrogen (secondary N) is 1. The number of hydrogen-bond acceptors (Lipinski definition) is 4. The molecule has 0 unspecified atom stereocenters. The Kier molecular flexibility index (Phi) is 4.23. The van der Waals surface area contributed by atoms with Gasteiger partial charge in [-0.1, -0.05) is 36.4 Å². The topological polar surface area (TPSA) is 56.9 Å². The van der Waals surface area contributed by atoms with Gasteiger partial charge in [0.15, 0.2) is 0 Å². The van der Waals surface area contributed by atoms with Crippen molar-refractivity contribution in [3.8, 4) is 17.0 Å². The summed E-state index contributed by atoms with van der Waals surface area (Å²) in [6.07, 6.45) is 2.62. The molecule has 29 heavy (non-hydrogen) atoms. The van der Waals surface area contributed by atoms with E-state index in [1.54, 1.807) is 0 Å². The Labute approximate surface area is 165 Å². The maximum absolute atomic E-state index is 12.7. The molecule has 0 radical (unpaired) electrons. The second kappa shape index (κ2) is 7.05. The van der Waals surface area contributed by atoms with Crippen molar-refractivity contribution in [3.05, 3.63) is 78.2 Å². The molecule has 0 atom stereocenters. The van der Waals surface area contributed by atoms with E-state index in [1.807, 2.05) is 59.3 Å². The molecule has 0 saturated heterocycles. The van der Waals surface area contributed by atoms with Crippen molar-refractivity contribution in [1.82, 2.24) is 19.6 Å². The molecule has 0 amide bonds. The summed E-state index contributed by atoms with van der Waals surface area (Å²) < 4.78 is 33.9. The van der Waals surface area contributed by atoms with Crippen LogP contribution in [0, 0.1) is 0 Å². The summed E-state index contributed by atoms with van der Waals surface area (Å²) in [5, 5.41) is 11.4. The van der Waals surface area contributed by atoms with Gasteiger partial charge in [-0.15, -0.1) is 0 Å². The van der Waals surface area contributed by atoms with Crippen LogP contribution >= 0.6 is 0 Å². The van der Waals surface area contributed by atoms with Crippen molar-refractivity contribution < 1.29 is 13.5 Å². The Morgan fingerprint density at radius 2 is 1.90 bits per heavy atom. The van der Waals surface area contributed by atoms with Crippen LogP contribution in [0.15, 0.2) is 67.0 Å². The molecule has 1 aliphatic rings. The first kappa shape index (κ1) is 17.4. The standard InChI is InChI=1S/C21H17F2N5O/c22-21(23)28-12-17(10-24-28)25-16-7-6-15-11-27-18(13-29-20(15)8-16)9-19(26-27)14-4-2-1-3-5-14/h1-10,12,21,25H,11,13H2. The number of fused-ring (bicyclic) bond motifs is 2. The number of anilines is 2. The van der Waals surface area contributed by atoms with E-state index in [4.69, 9.17) is 9.84 Å². The van der Waals surface area contributed by atoms with Crippen LogP contribution in [0.25, 0.3) is 11.3 Å². The van der Waals surface area contributed by atoms with E-state index >= 15 is 0 Å². The Morgan fingerprint density at radius 3 is 2.69 bits per heavy atom. The average molecular weight is 393 g/mol. The molecule has 6 nitrogen and oxygen atoms in total. The van der Waals surface area contributed by atoms with E-state index in [1.165, 1.54) is 12.4 Å². The molecule has 3 heterocycles. The third kappa shape index (κ3) is 3.44. The molecular formula is C21H17F2N5O. The quantitative estimate of drug-likeness (QED) is 0.540. The SMILES string of the molecule is FC(F)n1cc(Nc2ccc3c(c2)OCc2cc(-c4ccccc4)nn2C3)cn1. The molecule has 1 aliphatic heterocycles. The summed E-state index contributed by atoms with van der Waals surface area (Å²) in [6.45, 7) is -1.66. The first-order valence-corrected chi connectivity index (χ1v) is 9.13. The zero-order valence-corrected chi connectivity index (χ0v) is 15.3. The summed E-state index contributed by atoms with van der Waals surface area (Å²) in [5.41, 5.74) is 5.20. The predicted molar refractivity (Wildman–Crippen MR) is 104 cm³/mol. The Hall–Kier alpha value is -3.68. The lowest BCUT2D eigenvalue weighted by Crippen LogP contribution is -2.03. The molecular weight excluding hydrogens is 376 g/mol. The highest BCUT2D eigenvalue weighted by Gasteiger charge is 2.18. The van der Waals surface area contributed by atoms with Gasteiger partial charge in [0.05, 0.1) is 36.0 Å². The number of nitrogens with zero attached hydrogens (tertiary/aromatic N) is 4. The van der Waals surface area contributed by atoms with Crippen LogP contribution in [0.5, 0.6) is 5.75 Å². The first-order valence-electron chi connectivity index (χ1n) is 9.13. The number of hydrogen-bond donors (Lipinski definition) is 1. The van der Waals surface area contributed by atoms with Gasteiger partial charge in [0.1, 0.15) is 12.4 Å². The van der Waals surface area contributed by atoms with E-state index in [-0.39, 0.29) is 0 Å². The van der Waals surface area contributed by atoms with Gasteiger partial charge in [-0.05, 0) is 12.1 Å². The molecule has 1 N–H and O–H groups in total. The second-order valence-corrected chi connectivity index (χ2v) is 6.77. The first-order chi connectivity index (χ1) is 14.2. The molecule has 8 heteroatoms. The molecule has 146 valence electrons. The van der Waals surface area contributed by atoms with Gasteiger partial charge in [0.2, 0.25) is 0 Å². The fourth-order valence-electron chi connectivity index (χ4n) is 3.34. The number of alkyl halides is 2. The smallest absolute Gasteiger partial charge is 0.333 e.